The highest BCUT2D eigenvalue weighted by Gasteiger charge is 2.14. The van der Waals surface area contributed by atoms with Gasteiger partial charge in [0.1, 0.15) is 5.69 Å². The maximum atomic E-state index is 13.5. The van der Waals surface area contributed by atoms with Gasteiger partial charge in [-0.3, -0.25) is 0 Å². The van der Waals surface area contributed by atoms with Crippen molar-refractivity contribution in [1.82, 2.24) is 0 Å². The van der Waals surface area contributed by atoms with E-state index in [0.29, 0.717) is 5.69 Å². The van der Waals surface area contributed by atoms with E-state index in [9.17, 15) is 13.6 Å². The number of nitrogen functional groups attached to an aromatic ring is 1. The van der Waals surface area contributed by atoms with Gasteiger partial charge in [-0.05, 0) is 24.3 Å². The molecule has 6 heteroatoms. The Hall–Kier alpha value is -2.63. The first-order valence-electron chi connectivity index (χ1n) is 5.44. The number of carbonyl (C=O) groups excluding carboxylic acids is 1. The second-order valence-electron chi connectivity index (χ2n) is 3.77. The van der Waals surface area contributed by atoms with E-state index in [1.165, 1.54) is 6.07 Å². The molecule has 0 atom stereocenters. The Bertz CT molecular complexity index is 602. The molecule has 0 saturated heterocycles. The molecule has 2 rings (SSSR count). The lowest BCUT2D eigenvalue weighted by Gasteiger charge is -2.10. The molecule has 2 amide bonds. The van der Waals surface area contributed by atoms with Crippen molar-refractivity contribution < 1.29 is 13.6 Å². The van der Waals surface area contributed by atoms with Crippen molar-refractivity contribution in [3.8, 4) is 0 Å². The molecule has 0 saturated carbocycles. The third-order valence-electron chi connectivity index (χ3n) is 2.40. The Labute approximate surface area is 108 Å². The number of benzene rings is 2. The van der Waals surface area contributed by atoms with Crippen molar-refractivity contribution in [3.05, 3.63) is 54.1 Å². The van der Waals surface area contributed by atoms with Crippen LogP contribution < -0.4 is 16.4 Å². The molecule has 0 unspecified atom stereocenters. The minimum Gasteiger partial charge on any atom is -0.397 e. The summed E-state index contributed by atoms with van der Waals surface area (Å²) in [6.07, 6.45) is 0. The van der Waals surface area contributed by atoms with E-state index in [0.717, 1.165) is 6.07 Å². The molecule has 2 aromatic carbocycles. The van der Waals surface area contributed by atoms with Crippen molar-refractivity contribution >= 4 is 23.1 Å². The average molecular weight is 263 g/mol. The van der Waals surface area contributed by atoms with Gasteiger partial charge in [-0.2, -0.15) is 0 Å². The summed E-state index contributed by atoms with van der Waals surface area (Å²) in [5.41, 5.74) is 5.57. The van der Waals surface area contributed by atoms with Gasteiger partial charge in [0.15, 0.2) is 11.6 Å². The molecule has 0 aliphatic heterocycles. The first kappa shape index (κ1) is 12.8. The predicted molar refractivity (Wildman–Crippen MR) is 69.9 cm³/mol. The molecule has 0 bridgehead atoms. The number of amides is 2. The van der Waals surface area contributed by atoms with Crippen molar-refractivity contribution in [2.45, 2.75) is 0 Å². The summed E-state index contributed by atoms with van der Waals surface area (Å²) in [5, 5.41) is 4.65. The van der Waals surface area contributed by atoms with E-state index >= 15 is 0 Å². The van der Waals surface area contributed by atoms with E-state index in [-0.39, 0.29) is 11.4 Å². The Balaban J connectivity index is 2.14. The van der Waals surface area contributed by atoms with Gasteiger partial charge in [-0.1, -0.05) is 18.2 Å². The molecule has 2 aromatic rings. The number of rotatable bonds is 2. The SMILES string of the molecule is Nc1ccc(F)c(F)c1NC(=O)Nc1ccccc1. The average Bonchev–Trinajstić information content (AvgIpc) is 2.40. The molecule has 0 aliphatic rings. The van der Waals surface area contributed by atoms with Crippen LogP contribution in [-0.2, 0) is 0 Å². The summed E-state index contributed by atoms with van der Waals surface area (Å²) in [5.74, 6) is -2.27. The first-order valence-corrected chi connectivity index (χ1v) is 5.44. The van der Waals surface area contributed by atoms with E-state index in [1.807, 2.05) is 0 Å². The molecule has 0 aliphatic carbocycles. The van der Waals surface area contributed by atoms with Crippen LogP contribution in [0.5, 0.6) is 0 Å². The number of nitrogens with one attached hydrogen (secondary N) is 2. The van der Waals surface area contributed by atoms with E-state index in [2.05, 4.69) is 10.6 Å². The van der Waals surface area contributed by atoms with Crippen LogP contribution in [0.25, 0.3) is 0 Å². The maximum absolute atomic E-state index is 13.5. The van der Waals surface area contributed by atoms with Crippen LogP contribution in [0.4, 0.5) is 30.6 Å². The lowest BCUT2D eigenvalue weighted by molar-refractivity contribution is 0.262. The molecular formula is C13H11F2N3O. The summed E-state index contributed by atoms with van der Waals surface area (Å²) >= 11 is 0. The lowest BCUT2D eigenvalue weighted by atomic mass is 10.2. The molecule has 0 aromatic heterocycles. The highest BCUT2D eigenvalue weighted by molar-refractivity contribution is 6.01. The number of hydrogen-bond acceptors (Lipinski definition) is 2. The zero-order valence-corrected chi connectivity index (χ0v) is 9.78. The van der Waals surface area contributed by atoms with Gasteiger partial charge in [0.05, 0.1) is 5.69 Å². The van der Waals surface area contributed by atoms with Crippen LogP contribution in [0.1, 0.15) is 0 Å². The molecule has 19 heavy (non-hydrogen) atoms. The second kappa shape index (κ2) is 5.34. The van der Waals surface area contributed by atoms with Crippen LogP contribution in [0.2, 0.25) is 0 Å². The first-order chi connectivity index (χ1) is 9.08. The van der Waals surface area contributed by atoms with Crippen LogP contribution >= 0.6 is 0 Å². The van der Waals surface area contributed by atoms with Crippen LogP contribution in [-0.4, -0.2) is 6.03 Å². The summed E-state index contributed by atoms with van der Waals surface area (Å²) in [6, 6.07) is 9.92. The molecular weight excluding hydrogens is 252 g/mol. The van der Waals surface area contributed by atoms with Crippen molar-refractivity contribution in [3.63, 3.8) is 0 Å². The smallest absolute Gasteiger partial charge is 0.323 e. The fourth-order valence-electron chi connectivity index (χ4n) is 1.49. The Morgan fingerprint density at radius 1 is 1.00 bits per heavy atom. The summed E-state index contributed by atoms with van der Waals surface area (Å²) < 4.78 is 26.5. The van der Waals surface area contributed by atoms with Crippen LogP contribution in [0, 0.1) is 11.6 Å². The highest BCUT2D eigenvalue weighted by Crippen LogP contribution is 2.24. The van der Waals surface area contributed by atoms with Gasteiger partial charge in [-0.25, -0.2) is 13.6 Å². The largest absolute Gasteiger partial charge is 0.397 e. The Kier molecular flexibility index (Phi) is 3.61. The highest BCUT2D eigenvalue weighted by atomic mass is 19.2. The third kappa shape index (κ3) is 2.98. The van der Waals surface area contributed by atoms with Gasteiger partial charge in [0, 0.05) is 5.69 Å². The number of halogens is 2. The number of para-hydroxylation sites is 1. The predicted octanol–water partition coefficient (Wildman–Crippen LogP) is 3.19. The molecule has 0 fully saturated rings. The fourth-order valence-corrected chi connectivity index (χ4v) is 1.49. The number of nitrogens with two attached hydrogens (primary N) is 1. The number of anilines is 3. The van der Waals surface area contributed by atoms with Gasteiger partial charge in [0.2, 0.25) is 0 Å². The van der Waals surface area contributed by atoms with Gasteiger partial charge >= 0.3 is 6.03 Å². The van der Waals surface area contributed by atoms with Gasteiger partial charge in [-0.15, -0.1) is 0 Å². The molecule has 0 heterocycles. The fraction of sp³-hybridized carbons (Fsp3) is 0. The maximum Gasteiger partial charge on any atom is 0.323 e. The standard InChI is InChI=1S/C13H11F2N3O/c14-9-6-7-10(16)12(11(9)15)18-13(19)17-8-4-2-1-3-5-8/h1-7H,16H2,(H2,17,18,19). The minimum atomic E-state index is -1.19. The molecule has 0 radical (unpaired) electrons. The summed E-state index contributed by atoms with van der Waals surface area (Å²) in [7, 11) is 0. The minimum absolute atomic E-state index is 0.0536. The zero-order chi connectivity index (χ0) is 13.8. The van der Waals surface area contributed by atoms with Crippen LogP contribution in [0.15, 0.2) is 42.5 Å². The summed E-state index contributed by atoms with van der Waals surface area (Å²) in [4.78, 5) is 11.6. The van der Waals surface area contributed by atoms with Crippen molar-refractivity contribution in [2.24, 2.45) is 0 Å². The number of urea groups is 1. The zero-order valence-electron chi connectivity index (χ0n) is 9.78. The lowest BCUT2D eigenvalue weighted by Crippen LogP contribution is -2.21. The topological polar surface area (TPSA) is 67.1 Å². The third-order valence-corrected chi connectivity index (χ3v) is 2.40. The summed E-state index contributed by atoms with van der Waals surface area (Å²) in [6.45, 7) is 0. The Morgan fingerprint density at radius 3 is 2.37 bits per heavy atom. The number of carbonyl (C=O) groups is 1. The van der Waals surface area contributed by atoms with E-state index in [4.69, 9.17) is 5.73 Å². The van der Waals surface area contributed by atoms with Crippen LogP contribution in [0.3, 0.4) is 0 Å². The molecule has 98 valence electrons. The second-order valence-corrected chi connectivity index (χ2v) is 3.77. The van der Waals surface area contributed by atoms with Crippen molar-refractivity contribution in [2.75, 3.05) is 16.4 Å². The monoisotopic (exact) mass is 263 g/mol. The number of hydrogen-bond donors (Lipinski definition) is 3. The Morgan fingerprint density at radius 2 is 1.68 bits per heavy atom. The van der Waals surface area contributed by atoms with E-state index in [1.54, 1.807) is 30.3 Å². The molecule has 4 nitrogen and oxygen atoms in total. The quantitative estimate of drug-likeness (QED) is 0.728. The van der Waals surface area contributed by atoms with Gasteiger partial charge < -0.3 is 16.4 Å². The van der Waals surface area contributed by atoms with E-state index < -0.39 is 17.7 Å². The van der Waals surface area contributed by atoms with Gasteiger partial charge in [0.25, 0.3) is 0 Å². The normalized spacial score (nSPS) is 10.0. The van der Waals surface area contributed by atoms with Crippen molar-refractivity contribution in [1.29, 1.82) is 0 Å². The molecule has 4 N–H and O–H groups in total. The molecule has 0 spiro atoms.